The predicted molar refractivity (Wildman–Crippen MR) is 123 cm³/mol. The number of nitrogens with zero attached hydrogens (tertiary/aromatic N) is 5. The van der Waals surface area contributed by atoms with E-state index in [0.717, 1.165) is 34.3 Å². The van der Waals surface area contributed by atoms with Gasteiger partial charge in [0.2, 0.25) is 0 Å². The van der Waals surface area contributed by atoms with Crippen molar-refractivity contribution in [2.75, 3.05) is 12.9 Å². The van der Waals surface area contributed by atoms with E-state index in [1.165, 1.54) is 11.8 Å². The molecule has 8 nitrogen and oxygen atoms in total. The number of hydrogen-bond donors (Lipinski definition) is 0. The van der Waals surface area contributed by atoms with Crippen LogP contribution in [-0.4, -0.2) is 43.1 Å². The molecule has 0 fully saturated rings. The number of ether oxygens (including phenoxy) is 1. The summed E-state index contributed by atoms with van der Waals surface area (Å²) in [5.41, 5.74) is 3.31. The molecule has 0 atom stereocenters. The fourth-order valence-corrected chi connectivity index (χ4v) is 4.66. The SMILES string of the molecule is CCn1c(SCC(=O)c2cc(C)n(-c3cc(C)on3)c2C)nnc1-c1ccccc1OC. The fourth-order valence-electron chi connectivity index (χ4n) is 3.77. The van der Waals surface area contributed by atoms with Gasteiger partial charge in [0.05, 0.1) is 18.4 Å². The van der Waals surface area contributed by atoms with Crippen LogP contribution in [0.25, 0.3) is 17.2 Å². The summed E-state index contributed by atoms with van der Waals surface area (Å²) >= 11 is 1.38. The summed E-state index contributed by atoms with van der Waals surface area (Å²) < 4.78 is 14.6. The zero-order valence-electron chi connectivity index (χ0n) is 18.7. The van der Waals surface area contributed by atoms with E-state index in [4.69, 9.17) is 9.26 Å². The molecule has 9 heteroatoms. The Kier molecular flexibility index (Phi) is 6.18. The molecule has 0 aliphatic heterocycles. The Hall–Kier alpha value is -3.33. The minimum Gasteiger partial charge on any atom is -0.496 e. The van der Waals surface area contributed by atoms with Gasteiger partial charge in [-0.15, -0.1) is 10.2 Å². The number of methoxy groups -OCH3 is 1. The van der Waals surface area contributed by atoms with Crippen molar-refractivity contribution in [2.45, 2.75) is 39.4 Å². The van der Waals surface area contributed by atoms with Crippen LogP contribution >= 0.6 is 11.8 Å². The number of Topliss-reactive ketones (excluding diaryl/α,β-unsaturated/α-hetero) is 1. The van der Waals surface area contributed by atoms with E-state index in [1.54, 1.807) is 7.11 Å². The molecule has 1 aromatic carbocycles. The molecule has 0 N–H and O–H groups in total. The molecule has 3 heterocycles. The lowest BCUT2D eigenvalue weighted by Crippen LogP contribution is -2.07. The average Bonchev–Trinajstić information content (AvgIpc) is 3.48. The highest BCUT2D eigenvalue weighted by Crippen LogP contribution is 2.31. The average molecular weight is 452 g/mol. The van der Waals surface area contributed by atoms with Crippen LogP contribution in [0.1, 0.15) is 34.4 Å². The number of thioether (sulfide) groups is 1. The summed E-state index contributed by atoms with van der Waals surface area (Å²) in [5, 5.41) is 13.5. The fraction of sp³-hybridized carbons (Fsp3) is 0.304. The van der Waals surface area contributed by atoms with Crippen LogP contribution < -0.4 is 4.74 Å². The number of carbonyl (C=O) groups is 1. The van der Waals surface area contributed by atoms with Crippen molar-refractivity contribution >= 4 is 17.5 Å². The van der Waals surface area contributed by atoms with E-state index in [9.17, 15) is 4.79 Å². The molecule has 0 unspecified atom stereocenters. The van der Waals surface area contributed by atoms with E-state index in [-0.39, 0.29) is 11.5 Å². The summed E-state index contributed by atoms with van der Waals surface area (Å²) in [6.07, 6.45) is 0. The Labute approximate surface area is 190 Å². The molecule has 4 aromatic rings. The summed E-state index contributed by atoms with van der Waals surface area (Å²) in [6, 6.07) is 11.5. The van der Waals surface area contributed by atoms with Crippen molar-refractivity contribution in [1.82, 2.24) is 24.5 Å². The minimum absolute atomic E-state index is 0.0269. The number of aromatic nitrogens is 5. The number of rotatable bonds is 8. The van der Waals surface area contributed by atoms with Crippen LogP contribution in [-0.2, 0) is 6.54 Å². The van der Waals surface area contributed by atoms with E-state index >= 15 is 0 Å². The minimum atomic E-state index is 0.0269. The van der Waals surface area contributed by atoms with Crippen molar-refractivity contribution in [3.05, 3.63) is 59.1 Å². The Morgan fingerprint density at radius 3 is 2.62 bits per heavy atom. The van der Waals surface area contributed by atoms with Crippen molar-refractivity contribution in [3.8, 4) is 23.0 Å². The number of carbonyl (C=O) groups excluding carboxylic acids is 1. The second kappa shape index (κ2) is 9.04. The first-order valence-electron chi connectivity index (χ1n) is 10.3. The van der Waals surface area contributed by atoms with Gasteiger partial charge < -0.3 is 13.8 Å². The predicted octanol–water partition coefficient (Wildman–Crippen LogP) is 4.65. The van der Waals surface area contributed by atoms with Crippen LogP contribution in [0.2, 0.25) is 0 Å². The Morgan fingerprint density at radius 2 is 1.94 bits per heavy atom. The molecule has 0 aliphatic carbocycles. The topological polar surface area (TPSA) is 88.0 Å². The third-order valence-corrected chi connectivity index (χ3v) is 6.26. The van der Waals surface area contributed by atoms with E-state index in [0.29, 0.717) is 23.1 Å². The Balaban J connectivity index is 1.56. The highest BCUT2D eigenvalue weighted by Gasteiger charge is 2.21. The molecule has 0 saturated carbocycles. The zero-order valence-corrected chi connectivity index (χ0v) is 19.6. The smallest absolute Gasteiger partial charge is 0.191 e. The maximum Gasteiger partial charge on any atom is 0.191 e. The van der Waals surface area contributed by atoms with Gasteiger partial charge in [0.25, 0.3) is 0 Å². The molecular weight excluding hydrogens is 426 g/mol. The molecule has 32 heavy (non-hydrogen) atoms. The van der Waals surface area contributed by atoms with Gasteiger partial charge in [0.1, 0.15) is 11.5 Å². The van der Waals surface area contributed by atoms with Crippen LogP contribution in [0.5, 0.6) is 5.75 Å². The lowest BCUT2D eigenvalue weighted by Gasteiger charge is -2.10. The normalized spacial score (nSPS) is 11.2. The van der Waals surface area contributed by atoms with Gasteiger partial charge in [-0.1, -0.05) is 29.1 Å². The molecule has 0 radical (unpaired) electrons. The van der Waals surface area contributed by atoms with Gasteiger partial charge >= 0.3 is 0 Å². The molecule has 4 rings (SSSR count). The monoisotopic (exact) mass is 451 g/mol. The summed E-state index contributed by atoms with van der Waals surface area (Å²) in [5.74, 6) is 3.14. The third-order valence-electron chi connectivity index (χ3n) is 5.29. The lowest BCUT2D eigenvalue weighted by atomic mass is 10.2. The molecule has 3 aromatic heterocycles. The van der Waals surface area contributed by atoms with E-state index in [1.807, 2.05) is 73.2 Å². The highest BCUT2D eigenvalue weighted by atomic mass is 32.2. The first-order chi connectivity index (χ1) is 15.4. The number of ketones is 1. The number of hydrogen-bond acceptors (Lipinski definition) is 7. The van der Waals surface area contributed by atoms with Crippen LogP contribution in [0.4, 0.5) is 0 Å². The third kappa shape index (κ3) is 3.95. The molecule has 0 amide bonds. The van der Waals surface area contributed by atoms with Gasteiger partial charge in [-0.2, -0.15) is 0 Å². The maximum atomic E-state index is 13.1. The zero-order chi connectivity index (χ0) is 22.8. The second-order valence-corrected chi connectivity index (χ2v) is 8.32. The summed E-state index contributed by atoms with van der Waals surface area (Å²) in [4.78, 5) is 13.1. The van der Waals surface area contributed by atoms with Gasteiger partial charge in [0.15, 0.2) is 22.6 Å². The first-order valence-corrected chi connectivity index (χ1v) is 11.3. The van der Waals surface area contributed by atoms with Crippen LogP contribution in [0.3, 0.4) is 0 Å². The van der Waals surface area contributed by atoms with Crippen molar-refractivity contribution in [3.63, 3.8) is 0 Å². The number of para-hydroxylation sites is 1. The molecule has 0 spiro atoms. The summed E-state index contributed by atoms with van der Waals surface area (Å²) in [6.45, 7) is 8.42. The van der Waals surface area contributed by atoms with Crippen LogP contribution in [0, 0.1) is 20.8 Å². The summed E-state index contributed by atoms with van der Waals surface area (Å²) in [7, 11) is 1.64. The highest BCUT2D eigenvalue weighted by molar-refractivity contribution is 7.99. The van der Waals surface area contributed by atoms with Gasteiger partial charge in [-0.25, -0.2) is 0 Å². The molecule has 0 saturated heterocycles. The van der Waals surface area contributed by atoms with Gasteiger partial charge in [0, 0.05) is 29.6 Å². The first kappa shape index (κ1) is 21.9. The van der Waals surface area contributed by atoms with Crippen LogP contribution in [0.15, 0.2) is 46.1 Å². The molecule has 0 bridgehead atoms. The van der Waals surface area contributed by atoms with Crippen molar-refractivity contribution < 1.29 is 14.1 Å². The molecule has 0 aliphatic rings. The molecule has 166 valence electrons. The largest absolute Gasteiger partial charge is 0.496 e. The quantitative estimate of drug-likeness (QED) is 0.284. The van der Waals surface area contributed by atoms with Crippen molar-refractivity contribution in [2.24, 2.45) is 0 Å². The van der Waals surface area contributed by atoms with Crippen molar-refractivity contribution in [1.29, 1.82) is 0 Å². The van der Waals surface area contributed by atoms with Gasteiger partial charge in [-0.05, 0) is 45.9 Å². The Bertz CT molecular complexity index is 1270. The maximum absolute atomic E-state index is 13.1. The van der Waals surface area contributed by atoms with E-state index in [2.05, 4.69) is 15.4 Å². The Morgan fingerprint density at radius 1 is 1.16 bits per heavy atom. The number of benzene rings is 1. The second-order valence-electron chi connectivity index (χ2n) is 7.38. The molecular formula is C23H25N5O3S. The van der Waals surface area contributed by atoms with Gasteiger partial charge in [-0.3, -0.25) is 9.36 Å². The number of aryl methyl sites for hydroxylation is 2. The lowest BCUT2D eigenvalue weighted by molar-refractivity contribution is 0.102. The van der Waals surface area contributed by atoms with E-state index < -0.39 is 0 Å². The standard InChI is InChI=1S/C23H25N5O3S/c1-6-27-22(17-9-7-8-10-20(17)30-5)24-25-23(27)32-13-19(29)18-11-14(2)28(16(18)4)21-12-15(3)31-26-21/h7-12H,6,13H2,1-5H3.